The van der Waals surface area contributed by atoms with Crippen LogP contribution in [0.3, 0.4) is 0 Å². The molecule has 1 aromatic rings. The minimum absolute atomic E-state index is 0.292. The van der Waals surface area contributed by atoms with E-state index in [0.29, 0.717) is 5.41 Å². The van der Waals surface area contributed by atoms with Crippen LogP contribution in [0.15, 0.2) is 17.5 Å². The highest BCUT2D eigenvalue weighted by Gasteiger charge is 2.29. The number of rotatable bonds is 7. The molecule has 108 valence electrons. The van der Waals surface area contributed by atoms with Gasteiger partial charge in [0.25, 0.3) is 0 Å². The number of thiophene rings is 1. The molecule has 1 aliphatic heterocycles. The first kappa shape index (κ1) is 15.0. The molecule has 0 radical (unpaired) electrons. The van der Waals surface area contributed by atoms with Gasteiger partial charge in [0.05, 0.1) is 0 Å². The predicted molar refractivity (Wildman–Crippen MR) is 85.1 cm³/mol. The van der Waals surface area contributed by atoms with Crippen LogP contribution in [-0.4, -0.2) is 37.6 Å². The first-order valence-corrected chi connectivity index (χ1v) is 8.47. The summed E-state index contributed by atoms with van der Waals surface area (Å²) in [4.78, 5) is 4.16. The second-order valence-electron chi connectivity index (χ2n) is 6.46. The molecule has 1 saturated heterocycles. The summed E-state index contributed by atoms with van der Waals surface area (Å²) in [6, 6.07) is 4.45. The average Bonchev–Trinajstić information content (AvgIpc) is 3.00. The van der Waals surface area contributed by atoms with E-state index in [0.717, 1.165) is 12.5 Å². The van der Waals surface area contributed by atoms with Crippen LogP contribution >= 0.6 is 11.3 Å². The highest BCUT2D eigenvalue weighted by molar-refractivity contribution is 7.10. The van der Waals surface area contributed by atoms with Gasteiger partial charge in [-0.2, -0.15) is 0 Å². The summed E-state index contributed by atoms with van der Waals surface area (Å²) in [5, 5.41) is 5.76. The standard InChI is InChI=1S/C16H28N2S/c1-4-8-17-11-14-7-9-18(12-14)13-16(2,3)15-6-5-10-19-15/h5-6,10,14,17H,4,7-9,11-13H2,1-3H3. The monoisotopic (exact) mass is 280 g/mol. The summed E-state index contributed by atoms with van der Waals surface area (Å²) < 4.78 is 0. The van der Waals surface area contributed by atoms with Gasteiger partial charge in [-0.1, -0.05) is 26.8 Å². The van der Waals surface area contributed by atoms with Crippen LogP contribution < -0.4 is 5.32 Å². The lowest BCUT2D eigenvalue weighted by molar-refractivity contribution is 0.262. The molecule has 2 rings (SSSR count). The largest absolute Gasteiger partial charge is 0.316 e. The maximum absolute atomic E-state index is 3.56. The summed E-state index contributed by atoms with van der Waals surface area (Å²) in [6.07, 6.45) is 2.60. The van der Waals surface area contributed by atoms with Gasteiger partial charge in [-0.25, -0.2) is 0 Å². The smallest absolute Gasteiger partial charge is 0.0118 e. The highest BCUT2D eigenvalue weighted by atomic mass is 32.1. The second kappa shape index (κ2) is 6.87. The molecule has 0 bridgehead atoms. The van der Waals surface area contributed by atoms with Crippen molar-refractivity contribution in [2.75, 3.05) is 32.7 Å². The van der Waals surface area contributed by atoms with Crippen molar-refractivity contribution in [3.05, 3.63) is 22.4 Å². The highest BCUT2D eigenvalue weighted by Crippen LogP contribution is 2.30. The molecule has 1 aromatic heterocycles. The molecule has 2 nitrogen and oxygen atoms in total. The maximum atomic E-state index is 3.56. The van der Waals surface area contributed by atoms with E-state index < -0.39 is 0 Å². The first-order valence-electron chi connectivity index (χ1n) is 7.59. The van der Waals surface area contributed by atoms with Crippen molar-refractivity contribution < 1.29 is 0 Å². The van der Waals surface area contributed by atoms with Crippen LogP contribution in [-0.2, 0) is 5.41 Å². The Balaban J connectivity index is 1.78. The van der Waals surface area contributed by atoms with Crippen LogP contribution in [0.4, 0.5) is 0 Å². The maximum Gasteiger partial charge on any atom is 0.0118 e. The zero-order valence-electron chi connectivity index (χ0n) is 12.6. The molecular formula is C16H28N2S. The van der Waals surface area contributed by atoms with Gasteiger partial charge in [0.2, 0.25) is 0 Å². The molecule has 2 heterocycles. The zero-order valence-corrected chi connectivity index (χ0v) is 13.4. The predicted octanol–water partition coefficient (Wildman–Crippen LogP) is 3.35. The minimum Gasteiger partial charge on any atom is -0.316 e. The van der Waals surface area contributed by atoms with E-state index in [2.05, 4.69) is 48.5 Å². The Bertz CT molecular complexity index is 359. The van der Waals surface area contributed by atoms with Gasteiger partial charge in [0.15, 0.2) is 0 Å². The molecule has 19 heavy (non-hydrogen) atoms. The molecule has 1 aliphatic rings. The Kier molecular flexibility index (Phi) is 5.43. The molecule has 1 atom stereocenters. The third kappa shape index (κ3) is 4.30. The molecule has 0 spiro atoms. The van der Waals surface area contributed by atoms with E-state index in [1.807, 2.05) is 11.3 Å². The molecule has 0 saturated carbocycles. The minimum atomic E-state index is 0.292. The Morgan fingerprint density at radius 1 is 1.47 bits per heavy atom. The van der Waals surface area contributed by atoms with E-state index in [-0.39, 0.29) is 0 Å². The van der Waals surface area contributed by atoms with E-state index in [9.17, 15) is 0 Å². The first-order chi connectivity index (χ1) is 9.12. The Labute approximate surface area is 122 Å². The zero-order chi connectivity index (χ0) is 13.7. The van der Waals surface area contributed by atoms with Crippen molar-refractivity contribution in [1.29, 1.82) is 0 Å². The van der Waals surface area contributed by atoms with Crippen LogP contribution in [0.25, 0.3) is 0 Å². The molecule has 0 aliphatic carbocycles. The summed E-state index contributed by atoms with van der Waals surface area (Å²) in [5.41, 5.74) is 0.292. The summed E-state index contributed by atoms with van der Waals surface area (Å²) in [6.45, 7) is 13.1. The molecule has 0 aromatic carbocycles. The van der Waals surface area contributed by atoms with E-state index in [4.69, 9.17) is 0 Å². The molecular weight excluding hydrogens is 252 g/mol. The third-order valence-electron chi connectivity index (χ3n) is 4.04. The van der Waals surface area contributed by atoms with Crippen molar-refractivity contribution in [2.24, 2.45) is 5.92 Å². The Morgan fingerprint density at radius 3 is 3.00 bits per heavy atom. The SMILES string of the molecule is CCCNCC1CCN(CC(C)(C)c2cccs2)C1. The topological polar surface area (TPSA) is 15.3 Å². The lowest BCUT2D eigenvalue weighted by atomic mass is 9.91. The molecule has 3 heteroatoms. The van der Waals surface area contributed by atoms with Crippen molar-refractivity contribution in [3.8, 4) is 0 Å². The van der Waals surface area contributed by atoms with Crippen molar-refractivity contribution in [2.45, 2.75) is 39.0 Å². The van der Waals surface area contributed by atoms with E-state index in [1.165, 1.54) is 43.9 Å². The van der Waals surface area contributed by atoms with E-state index in [1.54, 1.807) is 0 Å². The van der Waals surface area contributed by atoms with Crippen LogP contribution in [0.5, 0.6) is 0 Å². The lowest BCUT2D eigenvalue weighted by Crippen LogP contribution is -2.36. The fourth-order valence-electron chi connectivity index (χ4n) is 3.01. The van der Waals surface area contributed by atoms with Crippen molar-refractivity contribution in [1.82, 2.24) is 10.2 Å². The van der Waals surface area contributed by atoms with Gasteiger partial charge in [-0.05, 0) is 49.8 Å². The van der Waals surface area contributed by atoms with Gasteiger partial charge in [0.1, 0.15) is 0 Å². The van der Waals surface area contributed by atoms with Crippen LogP contribution in [0.2, 0.25) is 0 Å². The number of hydrogen-bond donors (Lipinski definition) is 1. The normalized spacial score (nSPS) is 21.1. The molecule has 0 amide bonds. The van der Waals surface area contributed by atoms with Crippen molar-refractivity contribution in [3.63, 3.8) is 0 Å². The fourth-order valence-corrected chi connectivity index (χ4v) is 3.85. The van der Waals surface area contributed by atoms with Gasteiger partial charge in [-0.3, -0.25) is 0 Å². The van der Waals surface area contributed by atoms with E-state index >= 15 is 0 Å². The van der Waals surface area contributed by atoms with Crippen molar-refractivity contribution >= 4 is 11.3 Å². The molecule has 1 N–H and O–H groups in total. The Morgan fingerprint density at radius 2 is 2.32 bits per heavy atom. The molecule has 1 unspecified atom stereocenters. The van der Waals surface area contributed by atoms with Crippen LogP contribution in [0.1, 0.15) is 38.5 Å². The average molecular weight is 280 g/mol. The number of likely N-dealkylation sites (tertiary alicyclic amines) is 1. The lowest BCUT2D eigenvalue weighted by Gasteiger charge is -2.29. The second-order valence-corrected chi connectivity index (χ2v) is 7.40. The quantitative estimate of drug-likeness (QED) is 0.771. The van der Waals surface area contributed by atoms with Crippen LogP contribution in [0, 0.1) is 5.92 Å². The van der Waals surface area contributed by atoms with Gasteiger partial charge >= 0.3 is 0 Å². The summed E-state index contributed by atoms with van der Waals surface area (Å²) >= 11 is 1.89. The Hall–Kier alpha value is -0.380. The number of hydrogen-bond acceptors (Lipinski definition) is 3. The summed E-state index contributed by atoms with van der Waals surface area (Å²) in [5.74, 6) is 0.852. The number of nitrogens with zero attached hydrogens (tertiary/aromatic N) is 1. The fraction of sp³-hybridized carbons (Fsp3) is 0.750. The van der Waals surface area contributed by atoms with Gasteiger partial charge < -0.3 is 10.2 Å². The number of nitrogens with one attached hydrogen (secondary N) is 1. The third-order valence-corrected chi connectivity index (χ3v) is 5.27. The molecule has 1 fully saturated rings. The summed E-state index contributed by atoms with van der Waals surface area (Å²) in [7, 11) is 0. The van der Waals surface area contributed by atoms with Gasteiger partial charge in [-0.15, -0.1) is 11.3 Å². The van der Waals surface area contributed by atoms with Gasteiger partial charge in [0, 0.05) is 23.4 Å².